The molecule has 0 aliphatic carbocycles. The van der Waals surface area contributed by atoms with E-state index in [1.807, 2.05) is 48.5 Å². The lowest BCUT2D eigenvalue weighted by atomic mass is 10.2. The fourth-order valence-corrected chi connectivity index (χ4v) is 2.32. The number of nitrogens with zero attached hydrogens (tertiary/aromatic N) is 1. The first-order valence-electron chi connectivity index (χ1n) is 8.05. The number of rotatable bonds is 8. The van der Waals surface area contributed by atoms with E-state index in [9.17, 15) is 4.79 Å². The van der Waals surface area contributed by atoms with Crippen LogP contribution in [0.1, 0.15) is 24.2 Å². The fraction of sp³-hybridized carbons (Fsp3) is 0.316. The van der Waals surface area contributed by atoms with Gasteiger partial charge in [-0.2, -0.15) is 0 Å². The van der Waals surface area contributed by atoms with Gasteiger partial charge in [0, 0.05) is 12.2 Å². The van der Waals surface area contributed by atoms with Gasteiger partial charge in [-0.3, -0.25) is 4.79 Å². The molecule has 0 aliphatic rings. The molecule has 1 N–H and O–H groups in total. The fourth-order valence-electron chi connectivity index (χ4n) is 2.32. The Morgan fingerprint density at radius 2 is 1.65 bits per heavy atom. The van der Waals surface area contributed by atoms with Gasteiger partial charge in [0.2, 0.25) is 0 Å². The van der Waals surface area contributed by atoms with E-state index in [-0.39, 0.29) is 5.91 Å². The summed E-state index contributed by atoms with van der Waals surface area (Å²) in [5.74, 6) is 0.461. The van der Waals surface area contributed by atoms with Gasteiger partial charge in [-0.05, 0) is 37.4 Å². The van der Waals surface area contributed by atoms with Crippen molar-refractivity contribution in [2.75, 3.05) is 31.6 Å². The molecule has 122 valence electrons. The van der Waals surface area contributed by atoms with Crippen molar-refractivity contribution in [1.82, 2.24) is 4.90 Å². The summed E-state index contributed by atoms with van der Waals surface area (Å²) < 4.78 is 5.83. The monoisotopic (exact) mass is 312 g/mol. The predicted octanol–water partition coefficient (Wildman–Crippen LogP) is 3.66. The Morgan fingerprint density at radius 1 is 1.00 bits per heavy atom. The number of para-hydroxylation sites is 2. The van der Waals surface area contributed by atoms with Crippen molar-refractivity contribution in [3.05, 3.63) is 60.2 Å². The van der Waals surface area contributed by atoms with Gasteiger partial charge in [0.25, 0.3) is 5.91 Å². The second-order valence-corrected chi connectivity index (χ2v) is 5.19. The molecule has 2 aromatic carbocycles. The maximum Gasteiger partial charge on any atom is 0.259 e. The quantitative estimate of drug-likeness (QED) is 0.809. The molecular formula is C19H24N2O2. The van der Waals surface area contributed by atoms with Gasteiger partial charge >= 0.3 is 0 Å². The van der Waals surface area contributed by atoms with E-state index in [0.29, 0.717) is 17.9 Å². The Kier molecular flexibility index (Phi) is 6.63. The summed E-state index contributed by atoms with van der Waals surface area (Å²) in [5.41, 5.74) is 1.33. The highest BCUT2D eigenvalue weighted by Crippen LogP contribution is 2.19. The number of carbonyl (C=O) groups is 1. The van der Waals surface area contributed by atoms with Crippen LogP contribution < -0.4 is 10.1 Å². The first-order chi connectivity index (χ1) is 11.2. The van der Waals surface area contributed by atoms with Crippen LogP contribution in [0.3, 0.4) is 0 Å². The molecule has 0 fully saturated rings. The molecule has 2 rings (SSSR count). The minimum absolute atomic E-state index is 0.158. The maximum absolute atomic E-state index is 12.4. The van der Waals surface area contributed by atoms with E-state index in [4.69, 9.17) is 4.74 Å². The van der Waals surface area contributed by atoms with Crippen LogP contribution in [0.15, 0.2) is 54.6 Å². The molecule has 1 amide bonds. The lowest BCUT2D eigenvalue weighted by Gasteiger charge is -2.18. The highest BCUT2D eigenvalue weighted by atomic mass is 16.5. The van der Waals surface area contributed by atoms with Crippen molar-refractivity contribution >= 4 is 11.6 Å². The molecule has 4 heteroatoms. The van der Waals surface area contributed by atoms with Crippen molar-refractivity contribution in [3.8, 4) is 5.75 Å². The molecule has 0 heterocycles. The smallest absolute Gasteiger partial charge is 0.259 e. The van der Waals surface area contributed by atoms with Gasteiger partial charge in [-0.15, -0.1) is 0 Å². The van der Waals surface area contributed by atoms with E-state index in [0.717, 1.165) is 25.3 Å². The first-order valence-corrected chi connectivity index (χ1v) is 8.05. The summed E-state index contributed by atoms with van der Waals surface area (Å²) in [6, 6.07) is 16.8. The molecule has 0 atom stereocenters. The number of carbonyl (C=O) groups excluding carboxylic acids is 1. The molecular weight excluding hydrogens is 288 g/mol. The maximum atomic E-state index is 12.4. The van der Waals surface area contributed by atoms with E-state index < -0.39 is 0 Å². The Balaban J connectivity index is 2.00. The van der Waals surface area contributed by atoms with Crippen molar-refractivity contribution in [2.45, 2.75) is 13.8 Å². The van der Waals surface area contributed by atoms with Crippen molar-refractivity contribution in [2.24, 2.45) is 0 Å². The Bertz CT molecular complexity index is 610. The third-order valence-electron chi connectivity index (χ3n) is 3.72. The van der Waals surface area contributed by atoms with Crippen LogP contribution in [0.25, 0.3) is 0 Å². The first kappa shape index (κ1) is 17.0. The predicted molar refractivity (Wildman–Crippen MR) is 94.1 cm³/mol. The van der Waals surface area contributed by atoms with E-state index in [1.54, 1.807) is 6.07 Å². The highest BCUT2D eigenvalue weighted by Gasteiger charge is 2.12. The summed E-state index contributed by atoms with van der Waals surface area (Å²) in [6.45, 7) is 7.67. The number of amides is 1. The SMILES string of the molecule is CCN(CC)CCOc1ccccc1C(=O)Nc1ccccc1. The standard InChI is InChI=1S/C19H24N2O2/c1-3-21(4-2)14-15-23-18-13-9-8-12-17(18)19(22)20-16-10-6-5-7-11-16/h5-13H,3-4,14-15H2,1-2H3,(H,20,22). The van der Waals surface area contributed by atoms with Crippen molar-refractivity contribution in [3.63, 3.8) is 0 Å². The number of ether oxygens (including phenoxy) is 1. The van der Waals surface area contributed by atoms with Gasteiger partial charge in [0.1, 0.15) is 12.4 Å². The summed E-state index contributed by atoms with van der Waals surface area (Å²) in [4.78, 5) is 14.7. The molecule has 0 aliphatic heterocycles. The number of likely N-dealkylation sites (N-methyl/N-ethyl adjacent to an activating group) is 1. The molecule has 23 heavy (non-hydrogen) atoms. The van der Waals surface area contributed by atoms with Crippen LogP contribution in [-0.2, 0) is 0 Å². The number of benzene rings is 2. The minimum atomic E-state index is -0.158. The summed E-state index contributed by atoms with van der Waals surface area (Å²) in [7, 11) is 0. The summed E-state index contributed by atoms with van der Waals surface area (Å²) in [5, 5.41) is 2.89. The number of nitrogens with one attached hydrogen (secondary N) is 1. The second kappa shape index (κ2) is 8.96. The molecule has 0 saturated heterocycles. The molecule has 0 spiro atoms. The topological polar surface area (TPSA) is 41.6 Å². The Morgan fingerprint density at radius 3 is 2.35 bits per heavy atom. The Hall–Kier alpha value is -2.33. The summed E-state index contributed by atoms with van der Waals surface area (Å²) in [6.07, 6.45) is 0. The molecule has 4 nitrogen and oxygen atoms in total. The van der Waals surface area contributed by atoms with Gasteiger partial charge < -0.3 is 15.0 Å². The zero-order valence-corrected chi connectivity index (χ0v) is 13.8. The van der Waals surface area contributed by atoms with Crippen LogP contribution >= 0.6 is 0 Å². The second-order valence-electron chi connectivity index (χ2n) is 5.19. The van der Waals surface area contributed by atoms with Crippen LogP contribution in [0.5, 0.6) is 5.75 Å². The normalized spacial score (nSPS) is 10.6. The van der Waals surface area contributed by atoms with Crippen LogP contribution in [-0.4, -0.2) is 37.0 Å². The molecule has 0 bridgehead atoms. The van der Waals surface area contributed by atoms with Crippen LogP contribution in [0.4, 0.5) is 5.69 Å². The lowest BCUT2D eigenvalue weighted by molar-refractivity contribution is 0.102. The van der Waals surface area contributed by atoms with Crippen molar-refractivity contribution < 1.29 is 9.53 Å². The van der Waals surface area contributed by atoms with E-state index in [1.165, 1.54) is 0 Å². The number of hydrogen-bond donors (Lipinski definition) is 1. The number of anilines is 1. The zero-order chi connectivity index (χ0) is 16.5. The molecule has 0 saturated carbocycles. The van der Waals surface area contributed by atoms with Gasteiger partial charge in [-0.25, -0.2) is 0 Å². The largest absolute Gasteiger partial charge is 0.491 e. The lowest BCUT2D eigenvalue weighted by Crippen LogP contribution is -2.28. The van der Waals surface area contributed by atoms with Crippen LogP contribution in [0.2, 0.25) is 0 Å². The molecule has 0 unspecified atom stereocenters. The third-order valence-corrected chi connectivity index (χ3v) is 3.72. The number of hydrogen-bond acceptors (Lipinski definition) is 3. The zero-order valence-electron chi connectivity index (χ0n) is 13.8. The van der Waals surface area contributed by atoms with Crippen molar-refractivity contribution in [1.29, 1.82) is 0 Å². The average Bonchev–Trinajstić information content (AvgIpc) is 2.60. The summed E-state index contributed by atoms with van der Waals surface area (Å²) >= 11 is 0. The van der Waals surface area contributed by atoms with Gasteiger partial charge in [-0.1, -0.05) is 44.2 Å². The molecule has 2 aromatic rings. The van der Waals surface area contributed by atoms with E-state index in [2.05, 4.69) is 24.1 Å². The molecule has 0 radical (unpaired) electrons. The van der Waals surface area contributed by atoms with Gasteiger partial charge in [0.05, 0.1) is 5.56 Å². The average molecular weight is 312 g/mol. The highest BCUT2D eigenvalue weighted by molar-refractivity contribution is 6.06. The molecule has 0 aromatic heterocycles. The minimum Gasteiger partial charge on any atom is -0.491 e. The Labute approximate surface area is 138 Å². The van der Waals surface area contributed by atoms with Crippen LogP contribution in [0, 0.1) is 0 Å². The van der Waals surface area contributed by atoms with Gasteiger partial charge in [0.15, 0.2) is 0 Å². The third kappa shape index (κ3) is 5.11. The van der Waals surface area contributed by atoms with E-state index >= 15 is 0 Å².